The number of unbranched alkanes of at least 4 members (excludes halogenated alkanes) is 10. The Bertz CT molecular complexity index is 251. The van der Waals surface area contributed by atoms with Crippen molar-refractivity contribution >= 4 is 5.97 Å². The Labute approximate surface area is 129 Å². The van der Waals surface area contributed by atoms with E-state index in [9.17, 15) is 4.79 Å². The third kappa shape index (κ3) is 19.1. The molecule has 4 nitrogen and oxygen atoms in total. The number of hydrogen-bond donors (Lipinski definition) is 2. The van der Waals surface area contributed by atoms with E-state index in [1.54, 1.807) is 0 Å². The molecule has 4 heteroatoms. The van der Waals surface area contributed by atoms with Gasteiger partial charge < -0.3 is 5.11 Å². The van der Waals surface area contributed by atoms with E-state index in [1.807, 2.05) is 0 Å². The molecule has 0 aliphatic heterocycles. The second-order valence-electron chi connectivity index (χ2n) is 5.56. The molecule has 0 saturated carbocycles. The second-order valence-corrected chi connectivity index (χ2v) is 5.56. The van der Waals surface area contributed by atoms with Crippen molar-refractivity contribution in [3.05, 3.63) is 12.2 Å². The van der Waals surface area contributed by atoms with Crippen molar-refractivity contribution in [3.63, 3.8) is 0 Å². The average Bonchev–Trinajstić information content (AvgIpc) is 2.46. The Morgan fingerprint density at radius 3 is 1.76 bits per heavy atom. The zero-order valence-corrected chi connectivity index (χ0v) is 13.3. The van der Waals surface area contributed by atoms with Crippen molar-refractivity contribution in [2.75, 3.05) is 6.61 Å². The van der Waals surface area contributed by atoms with E-state index in [2.05, 4.69) is 17.0 Å². The summed E-state index contributed by atoms with van der Waals surface area (Å²) in [7, 11) is 0. The molecule has 0 rings (SSSR count). The van der Waals surface area contributed by atoms with Gasteiger partial charge in [-0.2, -0.15) is 0 Å². The maximum atomic E-state index is 10.3. The van der Waals surface area contributed by atoms with Crippen LogP contribution in [0.5, 0.6) is 0 Å². The molecular formula is C17H32O4. The van der Waals surface area contributed by atoms with Crippen molar-refractivity contribution in [1.82, 2.24) is 0 Å². The van der Waals surface area contributed by atoms with Gasteiger partial charge in [0.05, 0.1) is 6.61 Å². The van der Waals surface area contributed by atoms with Crippen molar-refractivity contribution in [3.8, 4) is 0 Å². The summed E-state index contributed by atoms with van der Waals surface area (Å²) in [5.74, 6) is -0.681. The highest BCUT2D eigenvalue weighted by atomic mass is 17.1. The van der Waals surface area contributed by atoms with Crippen LogP contribution in [0.25, 0.3) is 0 Å². The normalized spacial score (nSPS) is 11.3. The predicted molar refractivity (Wildman–Crippen MR) is 85.4 cm³/mol. The molecule has 0 saturated heterocycles. The van der Waals surface area contributed by atoms with E-state index < -0.39 is 5.97 Å². The maximum absolute atomic E-state index is 10.3. The topological polar surface area (TPSA) is 66.8 Å². The van der Waals surface area contributed by atoms with Gasteiger partial charge in [-0.1, -0.05) is 50.7 Å². The molecule has 2 N–H and O–H groups in total. The average molecular weight is 300 g/mol. The minimum atomic E-state index is -0.681. The summed E-state index contributed by atoms with van der Waals surface area (Å²) in [6, 6.07) is 0. The van der Waals surface area contributed by atoms with Crippen LogP contribution in [0.3, 0.4) is 0 Å². The first-order chi connectivity index (χ1) is 10.3. The molecule has 0 aliphatic carbocycles. The third-order valence-corrected chi connectivity index (χ3v) is 3.53. The zero-order valence-electron chi connectivity index (χ0n) is 13.3. The van der Waals surface area contributed by atoms with Crippen LogP contribution in [0.4, 0.5) is 0 Å². The molecule has 21 heavy (non-hydrogen) atoms. The lowest BCUT2D eigenvalue weighted by atomic mass is 10.1. The summed E-state index contributed by atoms with van der Waals surface area (Å²) >= 11 is 0. The largest absolute Gasteiger partial charge is 0.481 e. The van der Waals surface area contributed by atoms with E-state index in [1.165, 1.54) is 32.1 Å². The molecule has 0 aliphatic rings. The number of carboxylic acid groups (broad SMARTS) is 1. The number of rotatable bonds is 16. The number of hydrogen-bond acceptors (Lipinski definition) is 3. The van der Waals surface area contributed by atoms with E-state index in [0.717, 1.165) is 44.9 Å². The highest BCUT2D eigenvalue weighted by molar-refractivity contribution is 5.66. The number of allylic oxidation sites excluding steroid dienone is 2. The standard InChI is InChI=1S/C17H32O4/c18-17(19)15-13-11-9-7-5-3-1-2-4-6-8-10-12-14-16-21-20/h1-2,20H,3-16H2,(H,18,19). The van der Waals surface area contributed by atoms with Gasteiger partial charge in [0.1, 0.15) is 0 Å². The second kappa shape index (κ2) is 17.2. The molecule has 0 spiro atoms. The van der Waals surface area contributed by atoms with E-state index in [0.29, 0.717) is 13.0 Å². The first kappa shape index (κ1) is 20.1. The summed E-state index contributed by atoms with van der Waals surface area (Å²) in [5, 5.41) is 16.7. The molecule has 0 heterocycles. The van der Waals surface area contributed by atoms with E-state index in [-0.39, 0.29) is 0 Å². The summed E-state index contributed by atoms with van der Waals surface area (Å²) in [5.41, 5.74) is 0. The van der Waals surface area contributed by atoms with Crippen molar-refractivity contribution in [2.24, 2.45) is 0 Å². The number of aliphatic carboxylic acids is 1. The quantitative estimate of drug-likeness (QED) is 0.178. The van der Waals surface area contributed by atoms with Gasteiger partial charge in [-0.25, -0.2) is 4.89 Å². The fourth-order valence-corrected chi connectivity index (χ4v) is 2.26. The molecular weight excluding hydrogens is 268 g/mol. The van der Waals surface area contributed by atoms with Crippen LogP contribution in [0.2, 0.25) is 0 Å². The Kier molecular flexibility index (Phi) is 16.5. The SMILES string of the molecule is O=C(O)CCCCCCCC=CCCCCCCCOO. The summed E-state index contributed by atoms with van der Waals surface area (Å²) in [6.45, 7) is 0.455. The summed E-state index contributed by atoms with van der Waals surface area (Å²) < 4.78 is 0. The Hall–Kier alpha value is -0.870. The van der Waals surface area contributed by atoms with Crippen LogP contribution >= 0.6 is 0 Å². The van der Waals surface area contributed by atoms with Gasteiger partial charge in [-0.05, 0) is 38.5 Å². The predicted octanol–water partition coefficient (Wildman–Crippen LogP) is 5.19. The number of carboxylic acids is 1. The summed E-state index contributed by atoms with van der Waals surface area (Å²) in [4.78, 5) is 14.4. The fourth-order valence-electron chi connectivity index (χ4n) is 2.26. The van der Waals surface area contributed by atoms with Crippen molar-refractivity contribution in [1.29, 1.82) is 0 Å². The first-order valence-electron chi connectivity index (χ1n) is 8.40. The van der Waals surface area contributed by atoms with Gasteiger partial charge in [0.2, 0.25) is 0 Å². The summed E-state index contributed by atoms with van der Waals surface area (Å²) in [6.07, 6.45) is 18.4. The van der Waals surface area contributed by atoms with Crippen LogP contribution < -0.4 is 0 Å². The Balaban J connectivity index is 3.07. The van der Waals surface area contributed by atoms with Gasteiger partial charge in [0, 0.05) is 6.42 Å². The Morgan fingerprint density at radius 2 is 1.24 bits per heavy atom. The lowest BCUT2D eigenvalue weighted by Gasteiger charge is -1.99. The van der Waals surface area contributed by atoms with Crippen LogP contribution in [0, 0.1) is 0 Å². The minimum Gasteiger partial charge on any atom is -0.481 e. The van der Waals surface area contributed by atoms with Crippen molar-refractivity contribution in [2.45, 2.75) is 83.5 Å². The van der Waals surface area contributed by atoms with Gasteiger partial charge in [0.15, 0.2) is 0 Å². The fraction of sp³-hybridized carbons (Fsp3) is 0.824. The zero-order chi connectivity index (χ0) is 15.6. The van der Waals surface area contributed by atoms with Gasteiger partial charge in [-0.3, -0.25) is 10.1 Å². The smallest absolute Gasteiger partial charge is 0.303 e. The van der Waals surface area contributed by atoms with Crippen molar-refractivity contribution < 1.29 is 20.0 Å². The molecule has 0 amide bonds. The van der Waals surface area contributed by atoms with E-state index in [4.69, 9.17) is 10.4 Å². The molecule has 0 unspecified atom stereocenters. The maximum Gasteiger partial charge on any atom is 0.303 e. The molecule has 0 atom stereocenters. The van der Waals surface area contributed by atoms with Gasteiger partial charge in [0.25, 0.3) is 0 Å². The third-order valence-electron chi connectivity index (χ3n) is 3.53. The molecule has 124 valence electrons. The minimum absolute atomic E-state index is 0.312. The highest BCUT2D eigenvalue weighted by Crippen LogP contribution is 2.09. The molecule has 0 bridgehead atoms. The highest BCUT2D eigenvalue weighted by Gasteiger charge is 1.95. The van der Waals surface area contributed by atoms with Crippen LogP contribution in [0.15, 0.2) is 12.2 Å². The van der Waals surface area contributed by atoms with Crippen LogP contribution in [0.1, 0.15) is 83.5 Å². The molecule has 0 fully saturated rings. The Morgan fingerprint density at radius 1 is 0.762 bits per heavy atom. The monoisotopic (exact) mass is 300 g/mol. The van der Waals surface area contributed by atoms with Gasteiger partial charge in [-0.15, -0.1) is 0 Å². The lowest BCUT2D eigenvalue weighted by molar-refractivity contribution is -0.242. The van der Waals surface area contributed by atoms with Crippen LogP contribution in [-0.4, -0.2) is 22.9 Å². The molecule has 0 aromatic carbocycles. The molecule has 0 aromatic heterocycles. The van der Waals surface area contributed by atoms with E-state index >= 15 is 0 Å². The lowest BCUT2D eigenvalue weighted by Crippen LogP contribution is -1.93. The number of carbonyl (C=O) groups is 1. The molecule has 0 radical (unpaired) electrons. The first-order valence-corrected chi connectivity index (χ1v) is 8.40. The van der Waals surface area contributed by atoms with Gasteiger partial charge >= 0.3 is 5.97 Å². The molecule has 0 aromatic rings. The van der Waals surface area contributed by atoms with Crippen LogP contribution in [-0.2, 0) is 9.68 Å².